The highest BCUT2D eigenvalue weighted by atomic mass is 35.5. The van der Waals surface area contributed by atoms with E-state index in [1.807, 2.05) is 0 Å². The summed E-state index contributed by atoms with van der Waals surface area (Å²) in [6.45, 7) is 6.20. The van der Waals surface area contributed by atoms with Crippen LogP contribution in [-0.2, 0) is 6.54 Å². The first-order chi connectivity index (χ1) is 8.15. The lowest BCUT2D eigenvalue weighted by Crippen LogP contribution is -2.27. The van der Waals surface area contributed by atoms with Gasteiger partial charge >= 0.3 is 0 Å². The minimum atomic E-state index is 0.403. The van der Waals surface area contributed by atoms with Gasteiger partial charge in [-0.2, -0.15) is 0 Å². The molecule has 0 aliphatic heterocycles. The molecular formula is C13H21ClN2S. The highest BCUT2D eigenvalue weighted by molar-refractivity contribution is 7.11. The third-order valence-corrected chi connectivity index (χ3v) is 4.97. The fraction of sp³-hybridized carbons (Fsp3) is 0.769. The van der Waals surface area contributed by atoms with E-state index in [4.69, 9.17) is 11.6 Å². The fourth-order valence-corrected chi connectivity index (χ4v) is 3.72. The van der Waals surface area contributed by atoms with Gasteiger partial charge in [-0.25, -0.2) is 4.98 Å². The van der Waals surface area contributed by atoms with Crippen molar-refractivity contribution < 1.29 is 0 Å². The summed E-state index contributed by atoms with van der Waals surface area (Å²) < 4.78 is 0. The summed E-state index contributed by atoms with van der Waals surface area (Å²) >= 11 is 8.00. The number of rotatable bonds is 4. The van der Waals surface area contributed by atoms with Crippen LogP contribution in [0.25, 0.3) is 0 Å². The summed E-state index contributed by atoms with van der Waals surface area (Å²) in [4.78, 5) is 5.87. The minimum absolute atomic E-state index is 0.403. The van der Waals surface area contributed by atoms with Gasteiger partial charge < -0.3 is 5.32 Å². The first-order valence-corrected chi connectivity index (χ1v) is 7.68. The maximum Gasteiger partial charge on any atom is 0.107 e. The van der Waals surface area contributed by atoms with Crippen molar-refractivity contribution in [3.63, 3.8) is 0 Å². The Morgan fingerprint density at radius 2 is 2.24 bits per heavy atom. The Morgan fingerprint density at radius 1 is 1.41 bits per heavy atom. The number of nitrogens with zero attached hydrogens (tertiary/aromatic N) is 1. The molecule has 4 heteroatoms. The van der Waals surface area contributed by atoms with Gasteiger partial charge in [-0.3, -0.25) is 0 Å². The molecule has 0 bridgehead atoms. The quantitative estimate of drug-likeness (QED) is 0.847. The molecule has 1 aliphatic rings. The van der Waals surface area contributed by atoms with Crippen LogP contribution in [0, 0.1) is 19.8 Å². The van der Waals surface area contributed by atoms with Gasteiger partial charge in [0.1, 0.15) is 5.01 Å². The van der Waals surface area contributed by atoms with Crippen LogP contribution in [0.3, 0.4) is 0 Å². The smallest absolute Gasteiger partial charge is 0.107 e. The molecule has 0 radical (unpaired) electrons. The molecule has 0 spiro atoms. The van der Waals surface area contributed by atoms with Crippen molar-refractivity contribution >= 4 is 22.9 Å². The topological polar surface area (TPSA) is 24.9 Å². The van der Waals surface area contributed by atoms with Crippen molar-refractivity contribution in [3.05, 3.63) is 15.6 Å². The molecule has 1 aromatic heterocycles. The van der Waals surface area contributed by atoms with Crippen molar-refractivity contribution in [2.24, 2.45) is 5.92 Å². The van der Waals surface area contributed by atoms with E-state index < -0.39 is 0 Å². The molecule has 0 saturated heterocycles. The summed E-state index contributed by atoms with van der Waals surface area (Å²) in [5.41, 5.74) is 1.17. The van der Waals surface area contributed by atoms with Crippen LogP contribution in [0.5, 0.6) is 0 Å². The monoisotopic (exact) mass is 272 g/mol. The Morgan fingerprint density at radius 3 is 2.88 bits per heavy atom. The van der Waals surface area contributed by atoms with Gasteiger partial charge in [0.2, 0.25) is 0 Å². The molecule has 96 valence electrons. The van der Waals surface area contributed by atoms with Crippen molar-refractivity contribution in [2.45, 2.75) is 51.5 Å². The van der Waals surface area contributed by atoms with Gasteiger partial charge in [0.15, 0.2) is 0 Å². The number of nitrogens with one attached hydrogen (secondary N) is 1. The second-order valence-corrected chi connectivity index (χ2v) is 6.91. The number of halogens is 1. The van der Waals surface area contributed by atoms with Crippen LogP contribution in [0.4, 0.5) is 0 Å². The average molecular weight is 273 g/mol. The van der Waals surface area contributed by atoms with Crippen LogP contribution in [-0.4, -0.2) is 16.9 Å². The van der Waals surface area contributed by atoms with Gasteiger partial charge in [-0.05, 0) is 45.6 Å². The zero-order chi connectivity index (χ0) is 12.3. The van der Waals surface area contributed by atoms with Crippen LogP contribution in [0.15, 0.2) is 0 Å². The Labute approximate surface area is 113 Å². The SMILES string of the molecule is Cc1nc(CNCC2CCCC(Cl)C2)sc1C. The maximum atomic E-state index is 6.19. The van der Waals surface area contributed by atoms with E-state index in [1.54, 1.807) is 11.3 Å². The number of hydrogen-bond acceptors (Lipinski definition) is 3. The Balaban J connectivity index is 1.72. The molecule has 1 heterocycles. The fourth-order valence-electron chi connectivity index (χ4n) is 2.41. The molecule has 2 unspecified atom stereocenters. The third kappa shape index (κ3) is 3.94. The van der Waals surface area contributed by atoms with Crippen molar-refractivity contribution in [1.82, 2.24) is 10.3 Å². The van der Waals surface area contributed by atoms with Crippen LogP contribution < -0.4 is 5.32 Å². The van der Waals surface area contributed by atoms with Crippen molar-refractivity contribution in [3.8, 4) is 0 Å². The summed E-state index contributed by atoms with van der Waals surface area (Å²) in [6, 6.07) is 0. The largest absolute Gasteiger partial charge is 0.310 e. The molecule has 1 saturated carbocycles. The molecule has 1 fully saturated rings. The molecule has 1 N–H and O–H groups in total. The number of aromatic nitrogens is 1. The molecule has 1 aromatic rings. The molecule has 2 rings (SSSR count). The molecule has 0 aromatic carbocycles. The molecule has 2 nitrogen and oxygen atoms in total. The molecule has 2 atom stereocenters. The van der Waals surface area contributed by atoms with Gasteiger partial charge in [0, 0.05) is 16.8 Å². The number of hydrogen-bond donors (Lipinski definition) is 1. The van der Waals surface area contributed by atoms with E-state index in [1.165, 1.54) is 41.3 Å². The minimum Gasteiger partial charge on any atom is -0.310 e. The van der Waals surface area contributed by atoms with Crippen molar-refractivity contribution in [2.75, 3.05) is 6.54 Å². The Bertz CT molecular complexity index is 345. The second kappa shape index (κ2) is 6.17. The summed E-state index contributed by atoms with van der Waals surface area (Å²) in [5.74, 6) is 0.758. The molecular weight excluding hydrogens is 252 g/mol. The Kier molecular flexibility index (Phi) is 4.83. The van der Waals surface area contributed by atoms with Gasteiger partial charge in [-0.1, -0.05) is 6.42 Å². The van der Waals surface area contributed by atoms with E-state index in [9.17, 15) is 0 Å². The second-order valence-electron chi connectivity index (χ2n) is 5.01. The highest BCUT2D eigenvalue weighted by Gasteiger charge is 2.19. The van der Waals surface area contributed by atoms with E-state index in [-0.39, 0.29) is 0 Å². The zero-order valence-electron chi connectivity index (χ0n) is 10.6. The molecule has 17 heavy (non-hydrogen) atoms. The van der Waals surface area contributed by atoms with Crippen molar-refractivity contribution in [1.29, 1.82) is 0 Å². The van der Waals surface area contributed by atoms with Crippen LogP contribution in [0.2, 0.25) is 0 Å². The number of aryl methyl sites for hydroxylation is 2. The average Bonchev–Trinajstić information content (AvgIpc) is 2.58. The predicted octanol–water partition coefficient (Wildman–Crippen LogP) is 3.65. The Hall–Kier alpha value is -0.120. The summed E-state index contributed by atoms with van der Waals surface area (Å²) in [5, 5.41) is 5.13. The first kappa shape index (κ1) is 13.3. The standard InChI is InChI=1S/C13H21ClN2S/c1-9-10(2)17-13(16-9)8-15-7-11-4-3-5-12(14)6-11/h11-12,15H,3-8H2,1-2H3. The van der Waals surface area contributed by atoms with Crippen LogP contribution >= 0.6 is 22.9 Å². The van der Waals surface area contributed by atoms with Gasteiger partial charge in [0.25, 0.3) is 0 Å². The lowest BCUT2D eigenvalue weighted by Gasteiger charge is -2.25. The predicted molar refractivity (Wildman–Crippen MR) is 74.9 cm³/mol. The number of alkyl halides is 1. The van der Waals surface area contributed by atoms with Gasteiger partial charge in [-0.15, -0.1) is 22.9 Å². The molecule has 0 amide bonds. The zero-order valence-corrected chi connectivity index (χ0v) is 12.2. The van der Waals surface area contributed by atoms with E-state index in [0.29, 0.717) is 5.38 Å². The normalized spacial score (nSPS) is 25.1. The lowest BCUT2D eigenvalue weighted by atomic mass is 9.89. The van der Waals surface area contributed by atoms with E-state index >= 15 is 0 Å². The summed E-state index contributed by atoms with van der Waals surface area (Å²) in [6.07, 6.45) is 4.98. The number of thiazole rings is 1. The lowest BCUT2D eigenvalue weighted by molar-refractivity contribution is 0.346. The third-order valence-electron chi connectivity index (χ3n) is 3.50. The van der Waals surface area contributed by atoms with Gasteiger partial charge in [0.05, 0.1) is 5.69 Å². The molecule has 1 aliphatic carbocycles. The van der Waals surface area contributed by atoms with E-state index in [2.05, 4.69) is 24.1 Å². The van der Waals surface area contributed by atoms with Crippen LogP contribution in [0.1, 0.15) is 41.3 Å². The first-order valence-electron chi connectivity index (χ1n) is 6.43. The highest BCUT2D eigenvalue weighted by Crippen LogP contribution is 2.27. The maximum absolute atomic E-state index is 6.19. The summed E-state index contributed by atoms with van der Waals surface area (Å²) in [7, 11) is 0. The van der Waals surface area contributed by atoms with E-state index in [0.717, 1.165) is 19.0 Å².